The van der Waals surface area contributed by atoms with Crippen LogP contribution < -0.4 is 10.9 Å². The minimum atomic E-state index is -0.530. The van der Waals surface area contributed by atoms with E-state index in [0.717, 1.165) is 0 Å². The number of amides is 1. The van der Waals surface area contributed by atoms with E-state index in [1.807, 2.05) is 0 Å². The highest BCUT2D eigenvalue weighted by Gasteiger charge is 2.10. The minimum Gasteiger partial charge on any atom is -0.372 e. The first-order chi connectivity index (χ1) is 7.13. The average molecular weight is 231 g/mol. The van der Waals surface area contributed by atoms with Crippen molar-refractivity contribution in [3.8, 4) is 0 Å². The average Bonchev–Trinajstić information content (AvgIpc) is 2.26. The number of nitrogens with one attached hydrogen (secondary N) is 2. The highest BCUT2D eigenvalue weighted by molar-refractivity contribution is 6.29. The molecule has 1 amide bonds. The van der Waals surface area contributed by atoms with Gasteiger partial charge in [-0.05, 0) is 6.92 Å². The number of anilines is 1. The molecule has 0 radical (unpaired) electrons. The highest BCUT2D eigenvalue weighted by atomic mass is 35.5. The molecule has 0 saturated heterocycles. The molecular weight excluding hydrogens is 220 g/mol. The Morgan fingerprint density at radius 3 is 2.80 bits per heavy atom. The van der Waals surface area contributed by atoms with Gasteiger partial charge in [0.2, 0.25) is 0 Å². The molecule has 82 valence electrons. The van der Waals surface area contributed by atoms with E-state index in [2.05, 4.69) is 20.8 Å². The standard InChI is InChI=1S/C8H11ClN4O2/c1-5(15-2)8(14)13-12-7-4-10-6(9)3-11-7/h3-5H,1-2H3,(H,11,12)(H,13,14). The number of methoxy groups -OCH3 is 1. The predicted octanol–water partition coefficient (Wildman–Crippen LogP) is 0.608. The van der Waals surface area contributed by atoms with Crippen molar-refractivity contribution in [3.05, 3.63) is 17.5 Å². The van der Waals surface area contributed by atoms with Gasteiger partial charge in [0.1, 0.15) is 11.3 Å². The van der Waals surface area contributed by atoms with Crippen LogP contribution in [0.3, 0.4) is 0 Å². The van der Waals surface area contributed by atoms with E-state index < -0.39 is 6.10 Å². The first kappa shape index (κ1) is 11.7. The Morgan fingerprint density at radius 1 is 1.53 bits per heavy atom. The van der Waals surface area contributed by atoms with Gasteiger partial charge in [0, 0.05) is 7.11 Å². The van der Waals surface area contributed by atoms with Gasteiger partial charge in [-0.25, -0.2) is 9.97 Å². The Bertz CT molecular complexity index is 330. The van der Waals surface area contributed by atoms with Crippen LogP contribution in [-0.2, 0) is 9.53 Å². The fourth-order valence-electron chi connectivity index (χ4n) is 0.711. The molecule has 1 heterocycles. The third kappa shape index (κ3) is 3.69. The van der Waals surface area contributed by atoms with Gasteiger partial charge in [-0.2, -0.15) is 0 Å². The summed E-state index contributed by atoms with van der Waals surface area (Å²) in [5, 5.41) is 0.289. The molecule has 1 atom stereocenters. The topological polar surface area (TPSA) is 76.1 Å². The van der Waals surface area contributed by atoms with Crippen LogP contribution in [0.5, 0.6) is 0 Å². The maximum absolute atomic E-state index is 11.2. The smallest absolute Gasteiger partial charge is 0.267 e. The molecule has 7 heteroatoms. The van der Waals surface area contributed by atoms with Gasteiger partial charge in [-0.1, -0.05) is 11.6 Å². The number of aromatic nitrogens is 2. The summed E-state index contributed by atoms with van der Waals surface area (Å²) in [5.74, 6) is 0.102. The molecule has 0 aromatic carbocycles. The maximum atomic E-state index is 11.2. The summed E-state index contributed by atoms with van der Waals surface area (Å²) in [4.78, 5) is 18.9. The van der Waals surface area contributed by atoms with Crippen molar-refractivity contribution < 1.29 is 9.53 Å². The van der Waals surface area contributed by atoms with E-state index in [-0.39, 0.29) is 11.1 Å². The zero-order chi connectivity index (χ0) is 11.3. The molecule has 0 spiro atoms. The quantitative estimate of drug-likeness (QED) is 0.742. The molecule has 6 nitrogen and oxygen atoms in total. The minimum absolute atomic E-state index is 0.289. The fraction of sp³-hybridized carbons (Fsp3) is 0.375. The summed E-state index contributed by atoms with van der Waals surface area (Å²) < 4.78 is 4.81. The first-order valence-electron chi connectivity index (χ1n) is 4.19. The molecule has 15 heavy (non-hydrogen) atoms. The van der Waals surface area contributed by atoms with Gasteiger partial charge < -0.3 is 4.74 Å². The van der Waals surface area contributed by atoms with Crippen LogP contribution in [0.4, 0.5) is 5.82 Å². The summed E-state index contributed by atoms with van der Waals surface area (Å²) in [6, 6.07) is 0. The van der Waals surface area contributed by atoms with Crippen LogP contribution >= 0.6 is 11.6 Å². The van der Waals surface area contributed by atoms with Crippen molar-refractivity contribution in [2.45, 2.75) is 13.0 Å². The van der Waals surface area contributed by atoms with Gasteiger partial charge in [0.05, 0.1) is 12.4 Å². The molecule has 1 rings (SSSR count). The van der Waals surface area contributed by atoms with Crippen molar-refractivity contribution >= 4 is 23.3 Å². The summed E-state index contributed by atoms with van der Waals surface area (Å²) in [7, 11) is 1.45. The van der Waals surface area contributed by atoms with Crippen molar-refractivity contribution in [1.82, 2.24) is 15.4 Å². The van der Waals surface area contributed by atoms with Crippen LogP contribution in [0.25, 0.3) is 0 Å². The number of carbonyl (C=O) groups excluding carboxylic acids is 1. The first-order valence-corrected chi connectivity index (χ1v) is 4.57. The van der Waals surface area contributed by atoms with Gasteiger partial charge in [0.25, 0.3) is 5.91 Å². The summed E-state index contributed by atoms with van der Waals surface area (Å²) in [5.41, 5.74) is 4.98. The largest absolute Gasteiger partial charge is 0.372 e. The Kier molecular flexibility index (Phi) is 4.26. The van der Waals surface area contributed by atoms with Crippen LogP contribution in [0.15, 0.2) is 12.4 Å². The molecule has 0 bridgehead atoms. The van der Waals surface area contributed by atoms with Gasteiger partial charge >= 0.3 is 0 Å². The molecule has 2 N–H and O–H groups in total. The lowest BCUT2D eigenvalue weighted by Gasteiger charge is -2.11. The third-order valence-corrected chi connectivity index (χ3v) is 1.85. The predicted molar refractivity (Wildman–Crippen MR) is 55.3 cm³/mol. The van der Waals surface area contributed by atoms with Crippen molar-refractivity contribution in [2.75, 3.05) is 12.5 Å². The highest BCUT2D eigenvalue weighted by Crippen LogP contribution is 2.03. The maximum Gasteiger partial charge on any atom is 0.267 e. The van der Waals surface area contributed by atoms with E-state index in [9.17, 15) is 4.79 Å². The SMILES string of the molecule is COC(C)C(=O)NNc1cnc(Cl)cn1. The summed E-state index contributed by atoms with van der Waals surface area (Å²) >= 11 is 5.54. The second-order valence-corrected chi connectivity index (χ2v) is 3.10. The molecule has 0 saturated carbocycles. The molecule has 1 unspecified atom stereocenters. The normalized spacial score (nSPS) is 11.9. The number of hydrazine groups is 1. The number of nitrogens with zero attached hydrogens (tertiary/aromatic N) is 2. The lowest BCUT2D eigenvalue weighted by Crippen LogP contribution is -2.37. The molecule has 0 aliphatic heterocycles. The van der Waals surface area contributed by atoms with E-state index in [1.165, 1.54) is 19.5 Å². The molecule has 0 fully saturated rings. The molecule has 1 aromatic rings. The Balaban J connectivity index is 2.43. The van der Waals surface area contributed by atoms with Gasteiger partial charge in [0.15, 0.2) is 5.82 Å². The molecule has 1 aromatic heterocycles. The fourth-order valence-corrected chi connectivity index (χ4v) is 0.809. The molecular formula is C8H11ClN4O2. The zero-order valence-corrected chi connectivity index (χ0v) is 9.08. The lowest BCUT2D eigenvalue weighted by atomic mass is 10.4. The van der Waals surface area contributed by atoms with Crippen molar-refractivity contribution in [3.63, 3.8) is 0 Å². The van der Waals surface area contributed by atoms with Crippen LogP contribution in [0.1, 0.15) is 6.92 Å². The Labute approximate surface area is 92.0 Å². The number of halogens is 1. The Hall–Kier alpha value is -1.40. The number of hydrogen-bond acceptors (Lipinski definition) is 5. The molecule has 0 aliphatic carbocycles. The zero-order valence-electron chi connectivity index (χ0n) is 8.32. The second-order valence-electron chi connectivity index (χ2n) is 2.72. The van der Waals surface area contributed by atoms with Crippen LogP contribution in [0.2, 0.25) is 5.15 Å². The summed E-state index contributed by atoms with van der Waals surface area (Å²) in [6.07, 6.45) is 2.24. The number of rotatable bonds is 4. The molecule has 0 aliphatic rings. The number of hydrogen-bond donors (Lipinski definition) is 2. The van der Waals surface area contributed by atoms with E-state index in [4.69, 9.17) is 16.3 Å². The van der Waals surface area contributed by atoms with Crippen molar-refractivity contribution in [2.24, 2.45) is 0 Å². The Morgan fingerprint density at radius 2 is 2.27 bits per heavy atom. The van der Waals surface area contributed by atoms with E-state index >= 15 is 0 Å². The lowest BCUT2D eigenvalue weighted by molar-refractivity contribution is -0.129. The number of carbonyl (C=O) groups is 1. The summed E-state index contributed by atoms with van der Waals surface area (Å²) in [6.45, 7) is 1.63. The van der Waals surface area contributed by atoms with E-state index in [1.54, 1.807) is 6.92 Å². The van der Waals surface area contributed by atoms with Gasteiger partial charge in [-0.3, -0.25) is 15.6 Å². The van der Waals surface area contributed by atoms with Crippen LogP contribution in [-0.4, -0.2) is 29.1 Å². The van der Waals surface area contributed by atoms with Gasteiger partial charge in [-0.15, -0.1) is 0 Å². The third-order valence-electron chi connectivity index (χ3n) is 1.66. The monoisotopic (exact) mass is 230 g/mol. The van der Waals surface area contributed by atoms with Crippen molar-refractivity contribution in [1.29, 1.82) is 0 Å². The number of ether oxygens (including phenoxy) is 1. The van der Waals surface area contributed by atoms with E-state index in [0.29, 0.717) is 5.82 Å². The van der Waals surface area contributed by atoms with Crippen LogP contribution in [0, 0.1) is 0 Å². The second kappa shape index (κ2) is 5.47.